The van der Waals surface area contributed by atoms with Crippen molar-refractivity contribution in [1.29, 1.82) is 0 Å². The third-order valence-electron chi connectivity index (χ3n) is 3.90. The van der Waals surface area contributed by atoms with Gasteiger partial charge in [0.25, 0.3) is 0 Å². The van der Waals surface area contributed by atoms with Crippen LogP contribution in [0.1, 0.15) is 25.5 Å². The van der Waals surface area contributed by atoms with E-state index < -0.39 is 5.97 Å². The molecule has 5 heteroatoms. The third-order valence-corrected chi connectivity index (χ3v) is 3.90. The van der Waals surface area contributed by atoms with E-state index in [1.165, 1.54) is 0 Å². The molecule has 0 amide bonds. The lowest BCUT2D eigenvalue weighted by Gasteiger charge is -2.43. The molecule has 0 bridgehead atoms. The van der Waals surface area contributed by atoms with Crippen LogP contribution in [0.4, 0.5) is 0 Å². The average molecular weight is 266 g/mol. The number of carboxylic acids is 1. The summed E-state index contributed by atoms with van der Waals surface area (Å²) < 4.78 is 5.40. The van der Waals surface area contributed by atoms with Crippen LogP contribution in [0.25, 0.3) is 0 Å². The molecule has 106 valence electrons. The lowest BCUT2D eigenvalue weighted by molar-refractivity contribution is -0.137. The Balaban J connectivity index is 2.00. The highest BCUT2D eigenvalue weighted by Gasteiger charge is 2.30. The molecule has 1 aromatic rings. The first-order chi connectivity index (χ1) is 9.06. The molecular formula is C14H22N2O3. The summed E-state index contributed by atoms with van der Waals surface area (Å²) >= 11 is 0. The maximum Gasteiger partial charge on any atom is 0.303 e. The molecule has 5 nitrogen and oxygen atoms in total. The molecule has 1 aromatic heterocycles. The number of furan rings is 1. The zero-order chi connectivity index (χ0) is 13.8. The van der Waals surface area contributed by atoms with Crippen LogP contribution in [0.5, 0.6) is 0 Å². The van der Waals surface area contributed by atoms with Gasteiger partial charge in [-0.1, -0.05) is 0 Å². The first-order valence-corrected chi connectivity index (χ1v) is 6.74. The molecule has 1 N–H and O–H groups in total. The largest absolute Gasteiger partial charge is 0.481 e. The molecule has 2 rings (SSSR count). The minimum atomic E-state index is -0.723. The van der Waals surface area contributed by atoms with Gasteiger partial charge < -0.3 is 14.4 Å². The highest BCUT2D eigenvalue weighted by atomic mass is 16.4. The summed E-state index contributed by atoms with van der Waals surface area (Å²) in [7, 11) is 2.10. The molecule has 0 radical (unpaired) electrons. The van der Waals surface area contributed by atoms with Crippen molar-refractivity contribution in [3.05, 3.63) is 24.2 Å². The Labute approximate surface area is 113 Å². The van der Waals surface area contributed by atoms with Gasteiger partial charge in [0.1, 0.15) is 5.76 Å². The second-order valence-corrected chi connectivity index (χ2v) is 5.38. The SMILES string of the molecule is CC1CN(Cc2ccco2)C(CCC(=O)O)CN1C. The molecular weight excluding hydrogens is 244 g/mol. The fourth-order valence-electron chi connectivity index (χ4n) is 2.62. The van der Waals surface area contributed by atoms with Crippen LogP contribution in [0, 0.1) is 0 Å². The fourth-order valence-corrected chi connectivity index (χ4v) is 2.62. The first kappa shape index (κ1) is 14.1. The Hall–Kier alpha value is -1.33. The van der Waals surface area contributed by atoms with E-state index in [-0.39, 0.29) is 12.5 Å². The van der Waals surface area contributed by atoms with Crippen LogP contribution >= 0.6 is 0 Å². The second kappa shape index (κ2) is 6.21. The Bertz CT molecular complexity index is 405. The number of carboxylic acid groups (broad SMARTS) is 1. The van der Waals surface area contributed by atoms with Gasteiger partial charge in [-0.2, -0.15) is 0 Å². The van der Waals surface area contributed by atoms with E-state index in [9.17, 15) is 4.79 Å². The number of likely N-dealkylation sites (N-methyl/N-ethyl adjacent to an activating group) is 1. The average Bonchev–Trinajstić information content (AvgIpc) is 2.84. The molecule has 1 fully saturated rings. The smallest absolute Gasteiger partial charge is 0.303 e. The number of hydrogen-bond acceptors (Lipinski definition) is 4. The Kier molecular flexibility index (Phi) is 4.61. The lowest BCUT2D eigenvalue weighted by atomic mass is 10.0. The summed E-state index contributed by atoms with van der Waals surface area (Å²) in [6.45, 7) is 4.81. The topological polar surface area (TPSA) is 56.9 Å². The first-order valence-electron chi connectivity index (χ1n) is 6.74. The molecule has 1 aliphatic rings. The molecule has 1 aliphatic heterocycles. The van der Waals surface area contributed by atoms with E-state index in [1.54, 1.807) is 6.26 Å². The number of piperazine rings is 1. The van der Waals surface area contributed by atoms with Gasteiger partial charge in [0.2, 0.25) is 0 Å². The summed E-state index contributed by atoms with van der Waals surface area (Å²) in [4.78, 5) is 15.4. The van der Waals surface area contributed by atoms with E-state index in [0.717, 1.165) is 25.4 Å². The van der Waals surface area contributed by atoms with Crippen molar-refractivity contribution in [3.63, 3.8) is 0 Å². The van der Waals surface area contributed by atoms with Crippen LogP contribution in [-0.4, -0.2) is 53.1 Å². The van der Waals surface area contributed by atoms with E-state index in [2.05, 4.69) is 23.8 Å². The monoisotopic (exact) mass is 266 g/mol. The number of hydrogen-bond donors (Lipinski definition) is 1. The van der Waals surface area contributed by atoms with Gasteiger partial charge in [-0.25, -0.2) is 0 Å². The quantitative estimate of drug-likeness (QED) is 0.878. The second-order valence-electron chi connectivity index (χ2n) is 5.38. The fraction of sp³-hybridized carbons (Fsp3) is 0.643. The lowest BCUT2D eigenvalue weighted by Crippen LogP contribution is -2.55. The highest BCUT2D eigenvalue weighted by Crippen LogP contribution is 2.20. The summed E-state index contributed by atoms with van der Waals surface area (Å²) in [5.41, 5.74) is 0. The number of nitrogens with zero attached hydrogens (tertiary/aromatic N) is 2. The molecule has 2 heterocycles. The molecule has 19 heavy (non-hydrogen) atoms. The van der Waals surface area contributed by atoms with Crippen LogP contribution in [0.2, 0.25) is 0 Å². The summed E-state index contributed by atoms with van der Waals surface area (Å²) in [6.07, 6.45) is 2.59. The van der Waals surface area contributed by atoms with Gasteiger partial charge in [-0.05, 0) is 32.5 Å². The van der Waals surface area contributed by atoms with Gasteiger partial charge >= 0.3 is 5.97 Å². The maximum absolute atomic E-state index is 10.8. The van der Waals surface area contributed by atoms with E-state index >= 15 is 0 Å². The van der Waals surface area contributed by atoms with Crippen molar-refractivity contribution in [3.8, 4) is 0 Å². The normalized spacial score (nSPS) is 25.6. The van der Waals surface area contributed by atoms with Gasteiger partial charge in [-0.15, -0.1) is 0 Å². The predicted octanol–water partition coefficient (Wildman–Crippen LogP) is 1.65. The Morgan fingerprint density at radius 2 is 2.32 bits per heavy atom. The zero-order valence-corrected chi connectivity index (χ0v) is 11.6. The number of aliphatic carboxylic acids is 1. The highest BCUT2D eigenvalue weighted by molar-refractivity contribution is 5.66. The molecule has 1 saturated heterocycles. The summed E-state index contributed by atoms with van der Waals surface area (Å²) in [6, 6.07) is 4.62. The zero-order valence-electron chi connectivity index (χ0n) is 11.6. The van der Waals surface area contributed by atoms with Crippen molar-refractivity contribution in [1.82, 2.24) is 9.80 Å². The van der Waals surface area contributed by atoms with Gasteiger partial charge in [0.15, 0.2) is 0 Å². The van der Waals surface area contributed by atoms with Crippen LogP contribution < -0.4 is 0 Å². The predicted molar refractivity (Wildman–Crippen MR) is 71.9 cm³/mol. The van der Waals surface area contributed by atoms with Crippen molar-refractivity contribution in [2.24, 2.45) is 0 Å². The van der Waals surface area contributed by atoms with E-state index in [1.807, 2.05) is 12.1 Å². The Morgan fingerprint density at radius 3 is 2.95 bits per heavy atom. The van der Waals surface area contributed by atoms with Gasteiger partial charge in [0.05, 0.1) is 12.8 Å². The molecule has 0 aromatic carbocycles. The van der Waals surface area contributed by atoms with Crippen molar-refractivity contribution in [2.75, 3.05) is 20.1 Å². The third kappa shape index (κ3) is 3.81. The minimum Gasteiger partial charge on any atom is -0.481 e. The summed E-state index contributed by atoms with van der Waals surface area (Å²) in [5, 5.41) is 8.85. The van der Waals surface area contributed by atoms with Crippen LogP contribution in [-0.2, 0) is 11.3 Å². The van der Waals surface area contributed by atoms with Crippen LogP contribution in [0.15, 0.2) is 22.8 Å². The number of carbonyl (C=O) groups is 1. The van der Waals surface area contributed by atoms with Crippen LogP contribution in [0.3, 0.4) is 0 Å². The molecule has 2 unspecified atom stereocenters. The Morgan fingerprint density at radius 1 is 1.53 bits per heavy atom. The number of rotatable bonds is 5. The minimum absolute atomic E-state index is 0.224. The standard InChI is InChI=1S/C14H22N2O3/c1-11-8-16(10-13-4-3-7-19-13)12(9-15(11)2)5-6-14(17)18/h3-4,7,11-12H,5-6,8-10H2,1-2H3,(H,17,18). The van der Waals surface area contributed by atoms with E-state index in [0.29, 0.717) is 12.5 Å². The van der Waals surface area contributed by atoms with Crippen molar-refractivity contribution in [2.45, 2.75) is 38.4 Å². The molecule has 2 atom stereocenters. The van der Waals surface area contributed by atoms with Crippen molar-refractivity contribution >= 4 is 5.97 Å². The van der Waals surface area contributed by atoms with Crippen molar-refractivity contribution < 1.29 is 14.3 Å². The molecule has 0 spiro atoms. The molecule has 0 aliphatic carbocycles. The maximum atomic E-state index is 10.8. The van der Waals surface area contributed by atoms with Gasteiger partial charge in [0, 0.05) is 31.6 Å². The van der Waals surface area contributed by atoms with E-state index in [4.69, 9.17) is 9.52 Å². The van der Waals surface area contributed by atoms with Gasteiger partial charge in [-0.3, -0.25) is 9.69 Å². The molecule has 0 saturated carbocycles. The summed E-state index contributed by atoms with van der Waals surface area (Å²) in [5.74, 6) is 0.219.